The summed E-state index contributed by atoms with van der Waals surface area (Å²) < 4.78 is 6.28. The number of aromatic nitrogens is 2. The van der Waals surface area contributed by atoms with E-state index in [2.05, 4.69) is 32.3 Å². The van der Waals surface area contributed by atoms with Crippen molar-refractivity contribution in [1.29, 1.82) is 0 Å². The Hall–Kier alpha value is -0.820. The van der Waals surface area contributed by atoms with Gasteiger partial charge in [-0.3, -0.25) is 4.98 Å². The molecule has 6 heteroatoms. The number of thiazole rings is 1. The summed E-state index contributed by atoms with van der Waals surface area (Å²) in [7, 11) is 1.69. The van der Waals surface area contributed by atoms with Gasteiger partial charge in [-0.1, -0.05) is 0 Å². The molecule has 106 valence electrons. The van der Waals surface area contributed by atoms with Crippen LogP contribution in [0.4, 0.5) is 0 Å². The van der Waals surface area contributed by atoms with Crippen LogP contribution < -0.4 is 5.32 Å². The van der Waals surface area contributed by atoms with Crippen molar-refractivity contribution in [2.75, 3.05) is 13.7 Å². The summed E-state index contributed by atoms with van der Waals surface area (Å²) in [5.41, 5.74) is 3.21. The van der Waals surface area contributed by atoms with Gasteiger partial charge < -0.3 is 10.1 Å². The Labute approximate surface area is 130 Å². The molecule has 0 fully saturated rings. The first-order valence-electron chi connectivity index (χ1n) is 6.57. The van der Waals surface area contributed by atoms with Crippen molar-refractivity contribution in [1.82, 2.24) is 15.3 Å². The number of ether oxygens (including phenoxy) is 1. The van der Waals surface area contributed by atoms with Crippen molar-refractivity contribution in [3.05, 3.63) is 33.0 Å². The third-order valence-electron chi connectivity index (χ3n) is 3.46. The normalized spacial score (nSPS) is 15.9. The highest BCUT2D eigenvalue weighted by Crippen LogP contribution is 2.32. The maximum Gasteiger partial charge on any atom is 0.125 e. The molecule has 3 rings (SSSR count). The minimum Gasteiger partial charge on any atom is -0.375 e. The number of pyridine rings is 1. The number of nitrogens with zero attached hydrogens (tertiary/aromatic N) is 2. The number of methoxy groups -OCH3 is 1. The van der Waals surface area contributed by atoms with Crippen LogP contribution in [0, 0.1) is 0 Å². The second-order valence-corrected chi connectivity index (χ2v) is 6.72. The largest absolute Gasteiger partial charge is 0.375 e. The molecule has 4 nitrogen and oxygen atoms in total. The first kappa shape index (κ1) is 14.1. The smallest absolute Gasteiger partial charge is 0.125 e. The van der Waals surface area contributed by atoms with Crippen molar-refractivity contribution in [2.24, 2.45) is 0 Å². The van der Waals surface area contributed by atoms with E-state index in [1.165, 1.54) is 10.6 Å². The average Bonchev–Trinajstić information content (AvgIpc) is 2.90. The molecule has 20 heavy (non-hydrogen) atoms. The summed E-state index contributed by atoms with van der Waals surface area (Å²) in [5.74, 6) is 0. The van der Waals surface area contributed by atoms with Crippen molar-refractivity contribution in [2.45, 2.75) is 26.0 Å². The van der Waals surface area contributed by atoms with Gasteiger partial charge in [-0.2, -0.15) is 0 Å². The Bertz CT molecular complexity index is 605. The molecule has 0 aliphatic carbocycles. The van der Waals surface area contributed by atoms with Crippen LogP contribution in [-0.2, 0) is 17.7 Å². The van der Waals surface area contributed by atoms with Gasteiger partial charge in [0.2, 0.25) is 0 Å². The van der Waals surface area contributed by atoms with Gasteiger partial charge in [0.15, 0.2) is 0 Å². The molecule has 3 heterocycles. The van der Waals surface area contributed by atoms with Crippen molar-refractivity contribution >= 4 is 27.3 Å². The Balaban J connectivity index is 1.94. The zero-order valence-corrected chi connectivity index (χ0v) is 13.8. The molecular formula is C14H16BrN3OS. The van der Waals surface area contributed by atoms with Gasteiger partial charge in [-0.15, -0.1) is 11.3 Å². The zero-order chi connectivity index (χ0) is 14.1. The van der Waals surface area contributed by atoms with E-state index in [4.69, 9.17) is 9.72 Å². The van der Waals surface area contributed by atoms with E-state index < -0.39 is 0 Å². The SMILES string of the molecule is CO[C@@H](C)c1ncc(-c2nc3c(s2)CNCC3)cc1Br. The second-order valence-electron chi connectivity index (χ2n) is 4.78. The Kier molecular flexibility index (Phi) is 4.16. The van der Waals surface area contributed by atoms with Gasteiger partial charge in [0.1, 0.15) is 5.01 Å². The maximum atomic E-state index is 5.32. The van der Waals surface area contributed by atoms with Crippen LogP contribution in [-0.4, -0.2) is 23.6 Å². The molecule has 1 aliphatic rings. The van der Waals surface area contributed by atoms with Gasteiger partial charge >= 0.3 is 0 Å². The highest BCUT2D eigenvalue weighted by Gasteiger charge is 2.17. The minimum atomic E-state index is -0.0212. The molecule has 0 amide bonds. The molecule has 0 saturated carbocycles. The summed E-state index contributed by atoms with van der Waals surface area (Å²) in [5, 5.41) is 4.42. The van der Waals surface area contributed by atoms with Crippen LogP contribution in [0.1, 0.15) is 29.3 Å². The topological polar surface area (TPSA) is 47.0 Å². The van der Waals surface area contributed by atoms with Crippen LogP contribution in [0.3, 0.4) is 0 Å². The molecule has 1 N–H and O–H groups in total. The zero-order valence-electron chi connectivity index (χ0n) is 11.4. The molecule has 0 spiro atoms. The first-order chi connectivity index (χ1) is 9.69. The molecule has 1 aliphatic heterocycles. The lowest BCUT2D eigenvalue weighted by atomic mass is 10.2. The molecule has 0 saturated heterocycles. The van der Waals surface area contributed by atoms with Crippen LogP contribution in [0.15, 0.2) is 16.7 Å². The van der Waals surface area contributed by atoms with Crippen LogP contribution in [0.25, 0.3) is 10.6 Å². The second kappa shape index (κ2) is 5.89. The number of hydrogen-bond acceptors (Lipinski definition) is 5. The monoisotopic (exact) mass is 353 g/mol. The predicted molar refractivity (Wildman–Crippen MR) is 83.9 cm³/mol. The summed E-state index contributed by atoms with van der Waals surface area (Å²) >= 11 is 5.33. The van der Waals surface area contributed by atoms with E-state index in [9.17, 15) is 0 Å². The average molecular weight is 354 g/mol. The van der Waals surface area contributed by atoms with Crippen LogP contribution >= 0.6 is 27.3 Å². The molecule has 0 aromatic carbocycles. The molecular weight excluding hydrogens is 338 g/mol. The molecule has 2 aromatic heterocycles. The van der Waals surface area contributed by atoms with Gasteiger partial charge in [0, 0.05) is 47.7 Å². The van der Waals surface area contributed by atoms with Crippen LogP contribution in [0.2, 0.25) is 0 Å². The van der Waals surface area contributed by atoms with E-state index in [1.807, 2.05) is 13.1 Å². The summed E-state index contributed by atoms with van der Waals surface area (Å²) in [6.45, 7) is 3.93. The van der Waals surface area contributed by atoms with E-state index >= 15 is 0 Å². The van der Waals surface area contributed by atoms with Crippen molar-refractivity contribution in [3.63, 3.8) is 0 Å². The number of halogens is 1. The Morgan fingerprint density at radius 2 is 2.35 bits per heavy atom. The minimum absolute atomic E-state index is 0.0212. The quantitative estimate of drug-likeness (QED) is 0.919. The van der Waals surface area contributed by atoms with E-state index in [0.29, 0.717) is 0 Å². The number of nitrogens with one attached hydrogen (secondary N) is 1. The van der Waals surface area contributed by atoms with E-state index in [0.717, 1.165) is 40.2 Å². The lowest BCUT2D eigenvalue weighted by Crippen LogP contribution is -2.22. The lowest BCUT2D eigenvalue weighted by molar-refractivity contribution is 0.115. The molecule has 1 atom stereocenters. The summed E-state index contributed by atoms with van der Waals surface area (Å²) in [6, 6.07) is 2.08. The molecule has 0 unspecified atom stereocenters. The highest BCUT2D eigenvalue weighted by molar-refractivity contribution is 9.10. The van der Waals surface area contributed by atoms with E-state index in [1.54, 1.807) is 18.4 Å². The standard InChI is InChI=1S/C14H16BrN3OS/c1-8(19-2)13-10(15)5-9(6-17-13)14-18-11-3-4-16-7-12(11)20-14/h5-6,8,16H,3-4,7H2,1-2H3/t8-/m0/s1. The lowest BCUT2D eigenvalue weighted by Gasteiger charge is -2.11. The number of hydrogen-bond donors (Lipinski definition) is 1. The van der Waals surface area contributed by atoms with Crippen molar-refractivity contribution < 1.29 is 4.74 Å². The number of fused-ring (bicyclic) bond motifs is 1. The predicted octanol–water partition coefficient (Wildman–Crippen LogP) is 3.32. The van der Waals surface area contributed by atoms with Gasteiger partial charge in [0.05, 0.1) is 17.5 Å². The van der Waals surface area contributed by atoms with Gasteiger partial charge in [-0.25, -0.2) is 4.98 Å². The molecule has 2 aromatic rings. The fourth-order valence-corrected chi connectivity index (χ4v) is 3.96. The fourth-order valence-electron chi connectivity index (χ4n) is 2.23. The van der Waals surface area contributed by atoms with Gasteiger partial charge in [-0.05, 0) is 28.9 Å². The first-order valence-corrected chi connectivity index (χ1v) is 8.18. The third-order valence-corrected chi connectivity index (χ3v) is 5.24. The Morgan fingerprint density at radius 1 is 1.50 bits per heavy atom. The fraction of sp³-hybridized carbons (Fsp3) is 0.429. The van der Waals surface area contributed by atoms with E-state index in [-0.39, 0.29) is 6.10 Å². The maximum absolute atomic E-state index is 5.32. The summed E-state index contributed by atoms with van der Waals surface area (Å²) in [6.07, 6.45) is 2.87. The number of rotatable bonds is 3. The Morgan fingerprint density at radius 3 is 3.05 bits per heavy atom. The summed E-state index contributed by atoms with van der Waals surface area (Å²) in [4.78, 5) is 10.6. The highest BCUT2D eigenvalue weighted by atomic mass is 79.9. The third kappa shape index (κ3) is 2.65. The van der Waals surface area contributed by atoms with Gasteiger partial charge in [0.25, 0.3) is 0 Å². The van der Waals surface area contributed by atoms with Crippen molar-refractivity contribution in [3.8, 4) is 10.6 Å². The van der Waals surface area contributed by atoms with Crippen LogP contribution in [0.5, 0.6) is 0 Å². The molecule has 0 radical (unpaired) electrons. The molecule has 0 bridgehead atoms.